The third kappa shape index (κ3) is 4.37. The van der Waals surface area contributed by atoms with E-state index in [1.54, 1.807) is 25.1 Å². The molecule has 0 unspecified atom stereocenters. The highest BCUT2D eigenvalue weighted by Crippen LogP contribution is 2.20. The Balaban J connectivity index is 2.16. The van der Waals surface area contributed by atoms with Gasteiger partial charge in [0.15, 0.2) is 5.69 Å². The molecule has 1 aromatic heterocycles. The molecule has 0 atom stereocenters. The number of halogens is 1. The van der Waals surface area contributed by atoms with Crippen LogP contribution in [0.3, 0.4) is 0 Å². The maximum atomic E-state index is 12.9. The first-order valence-electron chi connectivity index (χ1n) is 8.81. The number of aromatic carboxylic acids is 2. The molecule has 0 aliphatic rings. The Kier molecular flexibility index (Phi) is 6.00. The van der Waals surface area contributed by atoms with Gasteiger partial charge < -0.3 is 10.2 Å². The minimum absolute atomic E-state index is 0.0853. The van der Waals surface area contributed by atoms with E-state index in [4.69, 9.17) is 16.7 Å². The first-order valence-corrected chi connectivity index (χ1v) is 9.19. The van der Waals surface area contributed by atoms with Crippen molar-refractivity contribution >= 4 is 35.7 Å². The van der Waals surface area contributed by atoms with Crippen LogP contribution in [-0.2, 0) is 0 Å². The van der Waals surface area contributed by atoms with Gasteiger partial charge in [0.1, 0.15) is 11.6 Å². The molecular weight excluding hydrogens is 422 g/mol. The van der Waals surface area contributed by atoms with Crippen molar-refractivity contribution in [2.45, 2.75) is 6.92 Å². The molecule has 0 saturated heterocycles. The van der Waals surface area contributed by atoms with E-state index in [1.807, 2.05) is 0 Å². The smallest absolute Gasteiger partial charge is 0.357 e. The van der Waals surface area contributed by atoms with Crippen LogP contribution >= 0.6 is 11.6 Å². The summed E-state index contributed by atoms with van der Waals surface area (Å²) in [5, 5.41) is 32.4. The van der Waals surface area contributed by atoms with Gasteiger partial charge >= 0.3 is 11.9 Å². The molecule has 3 rings (SSSR count). The Morgan fingerprint density at radius 3 is 2.32 bits per heavy atom. The molecule has 0 radical (unpaired) electrons. The third-order valence-corrected chi connectivity index (χ3v) is 4.85. The van der Waals surface area contributed by atoms with Crippen LogP contribution in [0.2, 0.25) is 5.02 Å². The average molecular weight is 436 g/mol. The fourth-order valence-electron chi connectivity index (χ4n) is 2.77. The monoisotopic (exact) mass is 435 g/mol. The second-order valence-corrected chi connectivity index (χ2v) is 6.87. The Bertz CT molecular complexity index is 1330. The average Bonchev–Trinajstić information content (AvgIpc) is 2.74. The number of benzene rings is 2. The highest BCUT2D eigenvalue weighted by Gasteiger charge is 2.21. The van der Waals surface area contributed by atoms with Crippen molar-refractivity contribution in [3.8, 4) is 11.8 Å². The second-order valence-electron chi connectivity index (χ2n) is 6.47. The lowest BCUT2D eigenvalue weighted by atomic mass is 10.1. The Hall–Kier alpha value is -4.22. The largest absolute Gasteiger partial charge is 0.478 e. The molecule has 0 saturated carbocycles. The Morgan fingerprint density at radius 1 is 1.10 bits per heavy atom. The van der Waals surface area contributed by atoms with Gasteiger partial charge in [-0.15, -0.1) is 0 Å². The summed E-state index contributed by atoms with van der Waals surface area (Å²) >= 11 is 6.10. The SMILES string of the molecule is Cc1ccc(-n2nc(C(=O)O)c(/C=C\c3ccc(C(=O)O)cc3)c(C#N)c2=O)cc1Cl. The predicted octanol–water partition coefficient (Wildman–Crippen LogP) is 3.63. The van der Waals surface area contributed by atoms with Gasteiger partial charge in [-0.3, -0.25) is 4.79 Å². The number of carbonyl (C=O) groups is 2. The van der Waals surface area contributed by atoms with Crippen molar-refractivity contribution in [1.29, 1.82) is 5.26 Å². The quantitative estimate of drug-likeness (QED) is 0.624. The van der Waals surface area contributed by atoms with Crippen LogP contribution in [-0.4, -0.2) is 31.9 Å². The fourth-order valence-corrected chi connectivity index (χ4v) is 2.95. The number of aryl methyl sites for hydroxylation is 1. The number of carboxylic acid groups (broad SMARTS) is 2. The molecular formula is C22H14ClN3O5. The highest BCUT2D eigenvalue weighted by atomic mass is 35.5. The zero-order valence-electron chi connectivity index (χ0n) is 16.0. The lowest BCUT2D eigenvalue weighted by Crippen LogP contribution is -2.28. The minimum Gasteiger partial charge on any atom is -0.478 e. The molecule has 0 aliphatic carbocycles. The van der Waals surface area contributed by atoms with Gasteiger partial charge in [0.2, 0.25) is 0 Å². The molecule has 1 heterocycles. The number of nitriles is 1. The summed E-state index contributed by atoms with van der Waals surface area (Å²) in [6, 6.07) is 12.2. The zero-order valence-corrected chi connectivity index (χ0v) is 16.8. The number of nitrogens with zero attached hydrogens (tertiary/aromatic N) is 3. The molecule has 0 aliphatic heterocycles. The maximum Gasteiger partial charge on any atom is 0.357 e. The van der Waals surface area contributed by atoms with Gasteiger partial charge in [-0.2, -0.15) is 15.0 Å². The first-order chi connectivity index (χ1) is 14.7. The van der Waals surface area contributed by atoms with Crippen LogP contribution in [0.5, 0.6) is 0 Å². The van der Waals surface area contributed by atoms with Gasteiger partial charge in [-0.1, -0.05) is 42.0 Å². The van der Waals surface area contributed by atoms with Crippen molar-refractivity contribution in [3.63, 3.8) is 0 Å². The van der Waals surface area contributed by atoms with E-state index < -0.39 is 28.8 Å². The van der Waals surface area contributed by atoms with E-state index in [-0.39, 0.29) is 16.8 Å². The van der Waals surface area contributed by atoms with Gasteiger partial charge in [0.05, 0.1) is 11.3 Å². The summed E-state index contributed by atoms with van der Waals surface area (Å²) in [4.78, 5) is 35.6. The van der Waals surface area contributed by atoms with Crippen molar-refractivity contribution in [2.75, 3.05) is 0 Å². The minimum atomic E-state index is -1.43. The molecule has 3 aromatic rings. The Morgan fingerprint density at radius 2 is 1.77 bits per heavy atom. The summed E-state index contributed by atoms with van der Waals surface area (Å²) in [6.07, 6.45) is 2.75. The summed E-state index contributed by atoms with van der Waals surface area (Å²) < 4.78 is 0.826. The number of hydrogen-bond acceptors (Lipinski definition) is 5. The summed E-state index contributed by atoms with van der Waals surface area (Å²) in [6.45, 7) is 1.77. The third-order valence-electron chi connectivity index (χ3n) is 4.45. The summed E-state index contributed by atoms with van der Waals surface area (Å²) in [5.74, 6) is -2.51. The van der Waals surface area contributed by atoms with Crippen LogP contribution in [0, 0.1) is 18.3 Å². The Labute approximate surface area is 180 Å². The standard InChI is InChI=1S/C22H14ClN3O5/c1-12-2-8-15(10-18(12)23)26-20(27)17(11-24)16(19(25-26)22(30)31)9-5-13-3-6-14(7-4-13)21(28)29/h2-10H,1H3,(H,28,29)(H,30,31)/b9-5-. The lowest BCUT2D eigenvalue weighted by Gasteiger charge is -2.10. The van der Waals surface area contributed by atoms with Crippen molar-refractivity contribution in [3.05, 3.63) is 91.4 Å². The van der Waals surface area contributed by atoms with Crippen LogP contribution in [0.4, 0.5) is 0 Å². The van der Waals surface area contributed by atoms with Crippen LogP contribution in [0.1, 0.15) is 43.1 Å². The number of aromatic nitrogens is 2. The molecule has 2 N–H and O–H groups in total. The van der Waals surface area contributed by atoms with Crippen LogP contribution in [0.15, 0.2) is 47.3 Å². The van der Waals surface area contributed by atoms with Crippen LogP contribution in [0.25, 0.3) is 17.8 Å². The molecule has 31 heavy (non-hydrogen) atoms. The van der Waals surface area contributed by atoms with E-state index in [0.29, 0.717) is 10.6 Å². The molecule has 0 spiro atoms. The van der Waals surface area contributed by atoms with E-state index in [9.17, 15) is 24.8 Å². The summed E-state index contributed by atoms with van der Waals surface area (Å²) in [5.41, 5.74) is -0.244. The molecule has 0 bridgehead atoms. The zero-order chi connectivity index (χ0) is 22.7. The number of carboxylic acids is 2. The van der Waals surface area contributed by atoms with Crippen molar-refractivity contribution < 1.29 is 19.8 Å². The van der Waals surface area contributed by atoms with Crippen molar-refractivity contribution in [2.24, 2.45) is 0 Å². The molecule has 8 nitrogen and oxygen atoms in total. The molecule has 154 valence electrons. The number of hydrogen-bond donors (Lipinski definition) is 2. The number of rotatable bonds is 5. The van der Waals surface area contributed by atoms with E-state index in [0.717, 1.165) is 10.2 Å². The predicted molar refractivity (Wildman–Crippen MR) is 114 cm³/mol. The molecule has 9 heteroatoms. The highest BCUT2D eigenvalue weighted by molar-refractivity contribution is 6.31. The van der Waals surface area contributed by atoms with Gasteiger partial charge in [-0.05, 0) is 42.3 Å². The molecule has 0 amide bonds. The molecule has 2 aromatic carbocycles. The normalized spacial score (nSPS) is 10.7. The molecule has 0 fully saturated rings. The topological polar surface area (TPSA) is 133 Å². The van der Waals surface area contributed by atoms with Gasteiger partial charge in [-0.25, -0.2) is 9.59 Å². The fraction of sp³-hybridized carbons (Fsp3) is 0.0455. The first kappa shape index (κ1) is 21.5. The van der Waals surface area contributed by atoms with Gasteiger partial charge in [0, 0.05) is 10.6 Å². The lowest BCUT2D eigenvalue weighted by molar-refractivity contribution is 0.0680. The van der Waals surface area contributed by atoms with Crippen molar-refractivity contribution in [1.82, 2.24) is 9.78 Å². The van der Waals surface area contributed by atoms with E-state index in [2.05, 4.69) is 5.10 Å². The van der Waals surface area contributed by atoms with Gasteiger partial charge in [0.25, 0.3) is 5.56 Å². The van der Waals surface area contributed by atoms with E-state index in [1.165, 1.54) is 42.5 Å². The summed E-state index contributed by atoms with van der Waals surface area (Å²) in [7, 11) is 0. The van der Waals surface area contributed by atoms with E-state index >= 15 is 0 Å². The maximum absolute atomic E-state index is 12.9. The second kappa shape index (κ2) is 8.65. The van der Waals surface area contributed by atoms with Crippen LogP contribution < -0.4 is 5.56 Å².